The molecule has 5 heteroatoms. The summed E-state index contributed by atoms with van der Waals surface area (Å²) in [5, 5.41) is 8.55. The van der Waals surface area contributed by atoms with Crippen molar-refractivity contribution < 1.29 is 24.1 Å². The normalized spacial score (nSPS) is 10.2. The molecule has 0 aromatic heterocycles. The molecule has 20 heavy (non-hydrogen) atoms. The van der Waals surface area contributed by atoms with Crippen molar-refractivity contribution in [2.24, 2.45) is 0 Å². The minimum absolute atomic E-state index is 0.171. The van der Waals surface area contributed by atoms with Crippen LogP contribution >= 0.6 is 0 Å². The number of hydrogen-bond donors (Lipinski definition) is 1. The number of carbonyl (C=O) groups is 1. The van der Waals surface area contributed by atoms with Crippen molar-refractivity contribution in [1.82, 2.24) is 0 Å². The van der Waals surface area contributed by atoms with E-state index in [1.54, 1.807) is 14.2 Å². The van der Waals surface area contributed by atoms with Gasteiger partial charge in [-0.3, -0.25) is 4.79 Å². The zero-order valence-electron chi connectivity index (χ0n) is 12.3. The highest BCUT2D eigenvalue weighted by Crippen LogP contribution is 2.34. The maximum absolute atomic E-state index is 10.4. The van der Waals surface area contributed by atoms with Crippen LogP contribution < -0.4 is 14.2 Å². The number of unbranched alkanes of at least 4 members (excludes halogenated alkanes) is 1. The van der Waals surface area contributed by atoms with Crippen molar-refractivity contribution in [3.63, 3.8) is 0 Å². The molecule has 1 aromatic rings. The molecule has 0 aliphatic rings. The minimum Gasteiger partial charge on any atom is -0.496 e. The number of ether oxygens (including phenoxy) is 3. The van der Waals surface area contributed by atoms with E-state index in [0.717, 1.165) is 23.5 Å². The number of methoxy groups -OCH3 is 2. The lowest BCUT2D eigenvalue weighted by molar-refractivity contribution is -0.137. The first-order valence-corrected chi connectivity index (χ1v) is 6.71. The number of benzene rings is 1. The highest BCUT2D eigenvalue weighted by Gasteiger charge is 2.11. The number of hydrogen-bond acceptors (Lipinski definition) is 4. The van der Waals surface area contributed by atoms with Gasteiger partial charge in [-0.15, -0.1) is 0 Å². The standard InChI is InChI=1S/C15H22O5/c1-4-12-13(18-2)9-11(10-14(12)19-3)20-8-6-5-7-15(16)17/h9-10H,4-8H2,1-3H3,(H,16,17). The number of aliphatic carboxylic acids is 1. The Balaban J connectivity index is 2.64. The third kappa shape index (κ3) is 4.64. The Bertz CT molecular complexity index is 417. The third-order valence-electron chi connectivity index (χ3n) is 2.99. The Hall–Kier alpha value is -1.91. The van der Waals surface area contributed by atoms with Gasteiger partial charge in [-0.05, 0) is 19.3 Å². The first-order chi connectivity index (χ1) is 9.62. The van der Waals surface area contributed by atoms with Gasteiger partial charge in [0.25, 0.3) is 0 Å². The maximum Gasteiger partial charge on any atom is 0.303 e. The average molecular weight is 282 g/mol. The van der Waals surface area contributed by atoms with Crippen LogP contribution in [-0.2, 0) is 11.2 Å². The molecule has 112 valence electrons. The van der Waals surface area contributed by atoms with Crippen LogP contribution in [0.1, 0.15) is 31.7 Å². The summed E-state index contributed by atoms with van der Waals surface area (Å²) in [6, 6.07) is 3.66. The molecule has 0 aliphatic heterocycles. The Morgan fingerprint density at radius 2 is 1.75 bits per heavy atom. The number of carboxylic acids is 1. The lowest BCUT2D eigenvalue weighted by Gasteiger charge is -2.14. The predicted octanol–water partition coefficient (Wildman–Crippen LogP) is 2.90. The van der Waals surface area contributed by atoms with E-state index in [1.165, 1.54) is 0 Å². The molecule has 1 rings (SSSR count). The second-order valence-corrected chi connectivity index (χ2v) is 4.36. The number of carboxylic acid groups (broad SMARTS) is 1. The first kappa shape index (κ1) is 16.1. The van der Waals surface area contributed by atoms with Crippen molar-refractivity contribution in [3.8, 4) is 17.2 Å². The van der Waals surface area contributed by atoms with Gasteiger partial charge in [0.05, 0.1) is 20.8 Å². The van der Waals surface area contributed by atoms with Crippen molar-refractivity contribution in [3.05, 3.63) is 17.7 Å². The minimum atomic E-state index is -0.777. The second-order valence-electron chi connectivity index (χ2n) is 4.36. The average Bonchev–Trinajstić information content (AvgIpc) is 2.45. The molecule has 0 radical (unpaired) electrons. The Morgan fingerprint density at radius 1 is 1.15 bits per heavy atom. The van der Waals surface area contributed by atoms with Gasteiger partial charge in [0.15, 0.2) is 0 Å². The molecular formula is C15H22O5. The topological polar surface area (TPSA) is 65.0 Å². The molecule has 0 aliphatic carbocycles. The van der Waals surface area contributed by atoms with E-state index < -0.39 is 5.97 Å². The molecule has 0 saturated carbocycles. The summed E-state index contributed by atoms with van der Waals surface area (Å²) in [7, 11) is 3.23. The summed E-state index contributed by atoms with van der Waals surface area (Å²) < 4.78 is 16.3. The highest BCUT2D eigenvalue weighted by atomic mass is 16.5. The van der Waals surface area contributed by atoms with E-state index in [0.29, 0.717) is 25.2 Å². The van der Waals surface area contributed by atoms with Gasteiger partial charge >= 0.3 is 5.97 Å². The lowest BCUT2D eigenvalue weighted by atomic mass is 10.1. The maximum atomic E-state index is 10.4. The van der Waals surface area contributed by atoms with Crippen LogP contribution in [0.5, 0.6) is 17.2 Å². The molecule has 1 N–H and O–H groups in total. The van der Waals surface area contributed by atoms with Crippen molar-refractivity contribution in [2.75, 3.05) is 20.8 Å². The van der Waals surface area contributed by atoms with E-state index >= 15 is 0 Å². The molecule has 0 fully saturated rings. The highest BCUT2D eigenvalue weighted by molar-refractivity contribution is 5.66. The molecule has 1 aromatic carbocycles. The molecular weight excluding hydrogens is 260 g/mol. The molecule has 0 spiro atoms. The van der Waals surface area contributed by atoms with E-state index in [1.807, 2.05) is 19.1 Å². The molecule has 0 saturated heterocycles. The Labute approximate surface area is 119 Å². The zero-order chi connectivity index (χ0) is 15.0. The van der Waals surface area contributed by atoms with Crippen LogP contribution in [-0.4, -0.2) is 31.9 Å². The van der Waals surface area contributed by atoms with E-state index in [-0.39, 0.29) is 6.42 Å². The molecule has 0 amide bonds. The van der Waals surface area contributed by atoms with Crippen LogP contribution in [0.2, 0.25) is 0 Å². The molecule has 0 unspecified atom stereocenters. The summed E-state index contributed by atoms with van der Waals surface area (Å²) in [5.74, 6) is 1.38. The predicted molar refractivity (Wildman–Crippen MR) is 75.9 cm³/mol. The fraction of sp³-hybridized carbons (Fsp3) is 0.533. The summed E-state index contributed by atoms with van der Waals surface area (Å²) in [5.41, 5.74) is 1.01. The Kier molecular flexibility index (Phi) is 6.70. The zero-order valence-corrected chi connectivity index (χ0v) is 12.3. The van der Waals surface area contributed by atoms with E-state index in [2.05, 4.69) is 0 Å². The largest absolute Gasteiger partial charge is 0.496 e. The summed E-state index contributed by atoms with van der Waals surface area (Å²) in [6.07, 6.45) is 2.29. The van der Waals surface area contributed by atoms with Gasteiger partial charge in [-0.2, -0.15) is 0 Å². The first-order valence-electron chi connectivity index (χ1n) is 6.71. The van der Waals surface area contributed by atoms with Crippen LogP contribution in [0, 0.1) is 0 Å². The monoisotopic (exact) mass is 282 g/mol. The summed E-state index contributed by atoms with van der Waals surface area (Å²) >= 11 is 0. The van der Waals surface area contributed by atoms with Gasteiger partial charge in [-0.1, -0.05) is 6.92 Å². The van der Waals surface area contributed by atoms with Crippen LogP contribution in [0.4, 0.5) is 0 Å². The third-order valence-corrected chi connectivity index (χ3v) is 2.99. The van der Waals surface area contributed by atoms with Gasteiger partial charge in [-0.25, -0.2) is 0 Å². The molecule has 5 nitrogen and oxygen atoms in total. The van der Waals surface area contributed by atoms with Gasteiger partial charge < -0.3 is 19.3 Å². The number of rotatable bonds is 9. The van der Waals surface area contributed by atoms with Crippen molar-refractivity contribution >= 4 is 5.97 Å². The van der Waals surface area contributed by atoms with Crippen molar-refractivity contribution in [2.45, 2.75) is 32.6 Å². The molecule has 0 bridgehead atoms. The van der Waals surface area contributed by atoms with Crippen LogP contribution in [0.15, 0.2) is 12.1 Å². The van der Waals surface area contributed by atoms with Crippen LogP contribution in [0.3, 0.4) is 0 Å². The molecule has 0 heterocycles. The lowest BCUT2D eigenvalue weighted by Crippen LogP contribution is -2.02. The Morgan fingerprint density at radius 3 is 2.20 bits per heavy atom. The summed E-state index contributed by atoms with van der Waals surface area (Å²) in [4.78, 5) is 10.4. The van der Waals surface area contributed by atoms with E-state index in [4.69, 9.17) is 19.3 Å². The molecule has 0 atom stereocenters. The summed E-state index contributed by atoms with van der Waals surface area (Å²) in [6.45, 7) is 2.51. The van der Waals surface area contributed by atoms with Gasteiger partial charge in [0.1, 0.15) is 17.2 Å². The van der Waals surface area contributed by atoms with Gasteiger partial charge in [0.2, 0.25) is 0 Å². The van der Waals surface area contributed by atoms with Crippen molar-refractivity contribution in [1.29, 1.82) is 0 Å². The fourth-order valence-electron chi connectivity index (χ4n) is 1.96. The quantitative estimate of drug-likeness (QED) is 0.705. The van der Waals surface area contributed by atoms with Crippen LogP contribution in [0.25, 0.3) is 0 Å². The second kappa shape index (κ2) is 8.30. The van der Waals surface area contributed by atoms with Gasteiger partial charge in [0, 0.05) is 24.1 Å². The smallest absolute Gasteiger partial charge is 0.303 e. The fourth-order valence-corrected chi connectivity index (χ4v) is 1.96. The SMILES string of the molecule is CCc1c(OC)cc(OCCCCC(=O)O)cc1OC. The van der Waals surface area contributed by atoms with E-state index in [9.17, 15) is 4.79 Å².